The van der Waals surface area contributed by atoms with Gasteiger partial charge in [0.2, 0.25) is 0 Å². The average Bonchev–Trinajstić information content (AvgIpc) is 2.33. The third-order valence-corrected chi connectivity index (χ3v) is 2.63. The summed E-state index contributed by atoms with van der Waals surface area (Å²) >= 11 is 0. The van der Waals surface area contributed by atoms with Crippen LogP contribution in [0.2, 0.25) is 0 Å². The van der Waals surface area contributed by atoms with E-state index in [-0.39, 0.29) is 5.56 Å². The summed E-state index contributed by atoms with van der Waals surface area (Å²) in [6, 6.07) is 12.9. The first-order chi connectivity index (χ1) is 8.20. The van der Waals surface area contributed by atoms with Crippen molar-refractivity contribution in [3.05, 3.63) is 69.6 Å². The lowest BCUT2D eigenvalue weighted by Crippen LogP contribution is -2.19. The van der Waals surface area contributed by atoms with Gasteiger partial charge in [0.1, 0.15) is 0 Å². The number of nitrogens with zero attached hydrogens (tertiary/aromatic N) is 2. The van der Waals surface area contributed by atoms with Crippen molar-refractivity contribution in [2.75, 3.05) is 0 Å². The summed E-state index contributed by atoms with van der Waals surface area (Å²) in [4.78, 5) is 11.7. The van der Waals surface area contributed by atoms with E-state index in [1.54, 1.807) is 22.9 Å². The van der Waals surface area contributed by atoms with E-state index < -0.39 is 0 Å². The molecule has 0 aliphatic heterocycles. The summed E-state index contributed by atoms with van der Waals surface area (Å²) in [6.45, 7) is 2.32. The molecule has 0 unspecified atom stereocenters. The van der Waals surface area contributed by atoms with Crippen molar-refractivity contribution in [1.29, 1.82) is 5.26 Å². The number of aromatic nitrogens is 1. The highest BCUT2D eigenvalue weighted by Gasteiger charge is 2.02. The van der Waals surface area contributed by atoms with Crippen molar-refractivity contribution < 1.29 is 0 Å². The van der Waals surface area contributed by atoms with Crippen LogP contribution in [-0.4, -0.2) is 4.57 Å². The van der Waals surface area contributed by atoms with Crippen LogP contribution in [-0.2, 0) is 6.54 Å². The van der Waals surface area contributed by atoms with Gasteiger partial charge < -0.3 is 4.57 Å². The Hall–Kier alpha value is -2.34. The topological polar surface area (TPSA) is 45.8 Å². The van der Waals surface area contributed by atoms with Gasteiger partial charge in [0, 0.05) is 12.3 Å². The van der Waals surface area contributed by atoms with Crippen LogP contribution in [0.25, 0.3) is 0 Å². The molecule has 1 heterocycles. The summed E-state index contributed by atoms with van der Waals surface area (Å²) in [5, 5.41) is 8.97. The van der Waals surface area contributed by atoms with E-state index in [0.717, 1.165) is 11.1 Å². The Kier molecular flexibility index (Phi) is 3.06. The van der Waals surface area contributed by atoms with Gasteiger partial charge in [-0.3, -0.25) is 4.79 Å². The Morgan fingerprint density at radius 3 is 2.76 bits per heavy atom. The highest BCUT2D eigenvalue weighted by molar-refractivity contribution is 5.37. The molecule has 0 spiro atoms. The number of pyridine rings is 1. The van der Waals surface area contributed by atoms with Crippen LogP contribution in [0, 0.1) is 18.3 Å². The van der Waals surface area contributed by atoms with Gasteiger partial charge in [-0.1, -0.05) is 18.2 Å². The first-order valence-corrected chi connectivity index (χ1v) is 5.36. The molecule has 0 atom stereocenters. The molecule has 0 bridgehead atoms. The van der Waals surface area contributed by atoms with Gasteiger partial charge >= 0.3 is 0 Å². The fourth-order valence-corrected chi connectivity index (χ4v) is 1.69. The predicted octanol–water partition coefficient (Wildman–Crippen LogP) is 2.08. The van der Waals surface area contributed by atoms with Gasteiger partial charge in [-0.05, 0) is 30.2 Å². The highest BCUT2D eigenvalue weighted by Crippen LogP contribution is 2.08. The van der Waals surface area contributed by atoms with Crippen molar-refractivity contribution >= 4 is 0 Å². The molecule has 0 amide bonds. The second-order valence-electron chi connectivity index (χ2n) is 3.94. The zero-order valence-electron chi connectivity index (χ0n) is 9.55. The molecule has 2 rings (SSSR count). The van der Waals surface area contributed by atoms with Gasteiger partial charge in [0.25, 0.3) is 5.56 Å². The minimum atomic E-state index is -0.0438. The highest BCUT2D eigenvalue weighted by atomic mass is 16.1. The maximum absolute atomic E-state index is 11.7. The normalized spacial score (nSPS) is 9.88. The van der Waals surface area contributed by atoms with Crippen molar-refractivity contribution in [2.24, 2.45) is 0 Å². The zero-order valence-corrected chi connectivity index (χ0v) is 9.55. The van der Waals surface area contributed by atoms with E-state index in [1.807, 2.05) is 31.2 Å². The zero-order chi connectivity index (χ0) is 12.3. The number of nitriles is 1. The Morgan fingerprint density at radius 1 is 1.29 bits per heavy atom. The molecule has 1 aromatic heterocycles. The molecule has 0 N–H and O–H groups in total. The van der Waals surface area contributed by atoms with E-state index in [1.165, 1.54) is 0 Å². The third kappa shape index (κ3) is 2.43. The fraction of sp³-hybridized carbons (Fsp3) is 0.143. The largest absolute Gasteiger partial charge is 0.311 e. The quantitative estimate of drug-likeness (QED) is 0.784. The van der Waals surface area contributed by atoms with E-state index in [2.05, 4.69) is 6.07 Å². The summed E-state index contributed by atoms with van der Waals surface area (Å²) in [7, 11) is 0. The van der Waals surface area contributed by atoms with Gasteiger partial charge in [-0.15, -0.1) is 0 Å². The standard InChI is InChI=1S/C14H12N2O/c1-11-6-7-16(14(17)8-11)10-13-5-3-2-4-12(13)9-15/h2-8H,10H2,1H3. The van der Waals surface area contributed by atoms with Crippen LogP contribution in [0.3, 0.4) is 0 Å². The molecule has 0 radical (unpaired) electrons. The van der Waals surface area contributed by atoms with Crippen LogP contribution in [0.4, 0.5) is 0 Å². The Morgan fingerprint density at radius 2 is 2.06 bits per heavy atom. The molecule has 3 heteroatoms. The molecular formula is C14H12N2O. The van der Waals surface area contributed by atoms with Crippen molar-refractivity contribution in [2.45, 2.75) is 13.5 Å². The SMILES string of the molecule is Cc1ccn(Cc2ccccc2C#N)c(=O)c1. The van der Waals surface area contributed by atoms with Crippen molar-refractivity contribution in [3.8, 4) is 6.07 Å². The number of hydrogen-bond donors (Lipinski definition) is 0. The smallest absolute Gasteiger partial charge is 0.251 e. The lowest BCUT2D eigenvalue weighted by atomic mass is 10.1. The van der Waals surface area contributed by atoms with E-state index in [0.29, 0.717) is 12.1 Å². The molecule has 0 saturated heterocycles. The summed E-state index contributed by atoms with van der Waals surface area (Å²) < 4.78 is 1.60. The molecule has 1 aromatic carbocycles. The molecule has 84 valence electrons. The fourth-order valence-electron chi connectivity index (χ4n) is 1.69. The summed E-state index contributed by atoms with van der Waals surface area (Å²) in [5.41, 5.74) is 2.37. The second-order valence-corrected chi connectivity index (χ2v) is 3.94. The minimum Gasteiger partial charge on any atom is -0.311 e. The molecule has 0 aliphatic carbocycles. The average molecular weight is 224 g/mol. The van der Waals surface area contributed by atoms with Crippen molar-refractivity contribution in [1.82, 2.24) is 4.57 Å². The van der Waals surface area contributed by atoms with Crippen LogP contribution < -0.4 is 5.56 Å². The number of rotatable bonds is 2. The van der Waals surface area contributed by atoms with E-state index in [4.69, 9.17) is 5.26 Å². The maximum Gasteiger partial charge on any atom is 0.251 e. The lowest BCUT2D eigenvalue weighted by Gasteiger charge is -2.07. The van der Waals surface area contributed by atoms with Gasteiger partial charge in [0.05, 0.1) is 18.2 Å². The summed E-state index contributed by atoms with van der Waals surface area (Å²) in [6.07, 6.45) is 1.76. The van der Waals surface area contributed by atoms with Gasteiger partial charge in [0.15, 0.2) is 0 Å². The minimum absolute atomic E-state index is 0.0438. The van der Waals surface area contributed by atoms with E-state index in [9.17, 15) is 4.79 Å². The molecule has 0 aliphatic rings. The Bertz CT molecular complexity index is 635. The number of benzene rings is 1. The van der Waals surface area contributed by atoms with E-state index >= 15 is 0 Å². The second kappa shape index (κ2) is 4.67. The Labute approximate surface area is 99.6 Å². The summed E-state index contributed by atoms with van der Waals surface area (Å²) in [5.74, 6) is 0. The van der Waals surface area contributed by atoms with Gasteiger partial charge in [-0.25, -0.2) is 0 Å². The van der Waals surface area contributed by atoms with Crippen LogP contribution in [0.5, 0.6) is 0 Å². The van der Waals surface area contributed by atoms with Crippen LogP contribution in [0.15, 0.2) is 47.4 Å². The number of aryl methyl sites for hydroxylation is 1. The third-order valence-electron chi connectivity index (χ3n) is 2.63. The molecule has 17 heavy (non-hydrogen) atoms. The number of hydrogen-bond acceptors (Lipinski definition) is 2. The molecule has 0 saturated carbocycles. The Balaban J connectivity index is 2.39. The molecule has 3 nitrogen and oxygen atoms in total. The maximum atomic E-state index is 11.7. The van der Waals surface area contributed by atoms with Gasteiger partial charge in [-0.2, -0.15) is 5.26 Å². The predicted molar refractivity (Wildman–Crippen MR) is 65.7 cm³/mol. The first kappa shape index (κ1) is 11.2. The van der Waals surface area contributed by atoms with Crippen LogP contribution >= 0.6 is 0 Å². The first-order valence-electron chi connectivity index (χ1n) is 5.36. The molecule has 2 aromatic rings. The lowest BCUT2D eigenvalue weighted by molar-refractivity contribution is 0.755. The van der Waals surface area contributed by atoms with Crippen molar-refractivity contribution in [3.63, 3.8) is 0 Å². The van der Waals surface area contributed by atoms with Crippen LogP contribution in [0.1, 0.15) is 16.7 Å². The molecular weight excluding hydrogens is 212 g/mol. The molecule has 0 fully saturated rings. The monoisotopic (exact) mass is 224 g/mol.